The summed E-state index contributed by atoms with van der Waals surface area (Å²) in [6.07, 6.45) is 0. The molecule has 1 N–H and O–H groups in total. The van der Waals surface area contributed by atoms with Gasteiger partial charge in [0.2, 0.25) is 0 Å². The lowest BCUT2D eigenvalue weighted by Gasteiger charge is -2.24. The number of nitrogens with one attached hydrogen (secondary N) is 1. The van der Waals surface area contributed by atoms with Crippen molar-refractivity contribution in [2.75, 3.05) is 6.54 Å². The molecule has 3 nitrogen and oxygen atoms in total. The van der Waals surface area contributed by atoms with Gasteiger partial charge in [0.05, 0.1) is 5.92 Å². The summed E-state index contributed by atoms with van der Waals surface area (Å²) in [5, 5.41) is 3.87. The van der Waals surface area contributed by atoms with E-state index in [9.17, 15) is 4.79 Å². The van der Waals surface area contributed by atoms with Gasteiger partial charge in [-0.2, -0.15) is 0 Å². The van der Waals surface area contributed by atoms with Crippen molar-refractivity contribution < 1.29 is 9.53 Å². The molecule has 2 aromatic carbocycles. The molecule has 4 heteroatoms. The van der Waals surface area contributed by atoms with Crippen LogP contribution >= 0.6 is 11.6 Å². The molecular weight excluding hydrogens is 286 g/mol. The lowest BCUT2D eigenvalue weighted by molar-refractivity contribution is -0.146. The van der Waals surface area contributed by atoms with Crippen LogP contribution in [0, 0.1) is 0 Å². The van der Waals surface area contributed by atoms with Gasteiger partial charge in [0, 0.05) is 23.7 Å². The molecule has 0 saturated heterocycles. The van der Waals surface area contributed by atoms with Crippen molar-refractivity contribution in [2.45, 2.75) is 19.1 Å². The molecule has 21 heavy (non-hydrogen) atoms. The van der Waals surface area contributed by atoms with Crippen molar-refractivity contribution in [1.29, 1.82) is 0 Å². The Labute approximate surface area is 128 Å². The van der Waals surface area contributed by atoms with Crippen LogP contribution in [0.3, 0.4) is 0 Å². The van der Waals surface area contributed by atoms with Crippen LogP contribution in [-0.4, -0.2) is 12.5 Å². The number of esters is 1. The predicted molar refractivity (Wildman–Crippen MR) is 82.1 cm³/mol. The Bertz CT molecular complexity index is 657. The highest BCUT2D eigenvalue weighted by molar-refractivity contribution is 6.31. The van der Waals surface area contributed by atoms with Gasteiger partial charge in [-0.25, -0.2) is 0 Å². The SMILES string of the molecule is O=C(OCc1ccccc1Cl)C1CNCc2ccccc21. The molecule has 108 valence electrons. The highest BCUT2D eigenvalue weighted by atomic mass is 35.5. The molecule has 1 aliphatic heterocycles. The maximum atomic E-state index is 12.3. The summed E-state index contributed by atoms with van der Waals surface area (Å²) in [4.78, 5) is 12.3. The van der Waals surface area contributed by atoms with Gasteiger partial charge < -0.3 is 10.1 Å². The van der Waals surface area contributed by atoms with Crippen molar-refractivity contribution in [1.82, 2.24) is 5.32 Å². The molecule has 0 radical (unpaired) electrons. The van der Waals surface area contributed by atoms with Crippen molar-refractivity contribution in [3.8, 4) is 0 Å². The first-order valence-corrected chi connectivity index (χ1v) is 7.32. The monoisotopic (exact) mass is 301 g/mol. The minimum Gasteiger partial charge on any atom is -0.460 e. The first kappa shape index (κ1) is 14.1. The number of ether oxygens (including phenoxy) is 1. The van der Waals surface area contributed by atoms with Crippen LogP contribution in [0.2, 0.25) is 5.02 Å². The molecule has 0 aliphatic carbocycles. The number of benzene rings is 2. The normalized spacial score (nSPS) is 17.1. The third-order valence-electron chi connectivity index (χ3n) is 3.71. The Morgan fingerprint density at radius 3 is 2.81 bits per heavy atom. The molecule has 1 heterocycles. The van der Waals surface area contributed by atoms with Gasteiger partial charge in [-0.3, -0.25) is 4.79 Å². The third-order valence-corrected chi connectivity index (χ3v) is 4.08. The van der Waals surface area contributed by atoms with Gasteiger partial charge in [0.25, 0.3) is 0 Å². The van der Waals surface area contributed by atoms with E-state index in [2.05, 4.69) is 5.32 Å². The Balaban J connectivity index is 1.71. The average molecular weight is 302 g/mol. The zero-order valence-electron chi connectivity index (χ0n) is 11.5. The number of hydrogen-bond donors (Lipinski definition) is 1. The summed E-state index contributed by atoms with van der Waals surface area (Å²) in [6.45, 7) is 1.61. The second-order valence-corrected chi connectivity index (χ2v) is 5.49. The highest BCUT2D eigenvalue weighted by Crippen LogP contribution is 2.25. The second-order valence-electron chi connectivity index (χ2n) is 5.08. The fourth-order valence-electron chi connectivity index (χ4n) is 2.57. The summed E-state index contributed by atoms with van der Waals surface area (Å²) in [5.74, 6) is -0.466. The van der Waals surface area contributed by atoms with Crippen LogP contribution in [0.25, 0.3) is 0 Å². The van der Waals surface area contributed by atoms with Crippen LogP contribution in [-0.2, 0) is 22.7 Å². The summed E-state index contributed by atoms with van der Waals surface area (Å²) in [5.41, 5.74) is 3.04. The Morgan fingerprint density at radius 1 is 1.19 bits per heavy atom. The lowest BCUT2D eigenvalue weighted by Crippen LogP contribution is -2.33. The molecule has 0 fully saturated rings. The van der Waals surface area contributed by atoms with Crippen molar-refractivity contribution in [3.63, 3.8) is 0 Å². The molecule has 3 rings (SSSR count). The van der Waals surface area contributed by atoms with Crippen LogP contribution < -0.4 is 5.32 Å². The molecule has 1 unspecified atom stereocenters. The minimum absolute atomic E-state index is 0.206. The molecule has 0 aromatic heterocycles. The summed E-state index contributed by atoms with van der Waals surface area (Å²) < 4.78 is 5.44. The molecule has 0 saturated carbocycles. The van der Waals surface area contributed by atoms with Gasteiger partial charge in [-0.05, 0) is 17.2 Å². The molecule has 1 aliphatic rings. The Hall–Kier alpha value is -1.84. The quantitative estimate of drug-likeness (QED) is 0.884. The van der Waals surface area contributed by atoms with E-state index in [4.69, 9.17) is 16.3 Å². The van der Waals surface area contributed by atoms with Crippen molar-refractivity contribution >= 4 is 17.6 Å². The minimum atomic E-state index is -0.252. The lowest BCUT2D eigenvalue weighted by atomic mass is 9.91. The van der Waals surface area contributed by atoms with Gasteiger partial charge in [0.15, 0.2) is 0 Å². The zero-order valence-corrected chi connectivity index (χ0v) is 12.3. The smallest absolute Gasteiger partial charge is 0.315 e. The number of carbonyl (C=O) groups is 1. The van der Waals surface area contributed by atoms with E-state index >= 15 is 0 Å². The number of carbonyl (C=O) groups excluding carboxylic acids is 1. The number of rotatable bonds is 3. The second kappa shape index (κ2) is 6.29. The summed E-state index contributed by atoms with van der Waals surface area (Å²) >= 11 is 6.07. The predicted octanol–water partition coefficient (Wildman–Crippen LogP) is 3.27. The van der Waals surface area contributed by atoms with E-state index in [1.807, 2.05) is 42.5 Å². The Morgan fingerprint density at radius 2 is 1.95 bits per heavy atom. The van der Waals surface area contributed by atoms with E-state index < -0.39 is 0 Å². The van der Waals surface area contributed by atoms with Gasteiger partial charge >= 0.3 is 5.97 Å². The topological polar surface area (TPSA) is 38.3 Å². The van der Waals surface area contributed by atoms with Crippen molar-refractivity contribution in [2.24, 2.45) is 0 Å². The first-order chi connectivity index (χ1) is 10.3. The van der Waals surface area contributed by atoms with Crippen LogP contribution in [0.1, 0.15) is 22.6 Å². The van der Waals surface area contributed by atoms with Crippen LogP contribution in [0.4, 0.5) is 0 Å². The average Bonchev–Trinajstić information content (AvgIpc) is 2.53. The molecule has 1 atom stereocenters. The van der Waals surface area contributed by atoms with E-state index in [0.29, 0.717) is 11.6 Å². The standard InChI is InChI=1S/C17H16ClNO2/c18-16-8-4-2-6-13(16)11-21-17(20)15-10-19-9-12-5-1-3-7-14(12)15/h1-8,15,19H,9-11H2. The number of halogens is 1. The maximum absolute atomic E-state index is 12.3. The molecule has 0 spiro atoms. The van der Waals surface area contributed by atoms with Crippen LogP contribution in [0.15, 0.2) is 48.5 Å². The van der Waals surface area contributed by atoms with E-state index in [1.54, 1.807) is 6.07 Å². The first-order valence-electron chi connectivity index (χ1n) is 6.94. The van der Waals surface area contributed by atoms with Crippen molar-refractivity contribution in [3.05, 3.63) is 70.2 Å². The fraction of sp³-hybridized carbons (Fsp3) is 0.235. The largest absolute Gasteiger partial charge is 0.460 e. The molecule has 2 aromatic rings. The van der Waals surface area contributed by atoms with E-state index in [-0.39, 0.29) is 18.5 Å². The van der Waals surface area contributed by atoms with E-state index in [1.165, 1.54) is 0 Å². The van der Waals surface area contributed by atoms with E-state index in [0.717, 1.165) is 23.2 Å². The number of fused-ring (bicyclic) bond motifs is 1. The van der Waals surface area contributed by atoms with Gasteiger partial charge in [-0.15, -0.1) is 0 Å². The number of hydrogen-bond acceptors (Lipinski definition) is 3. The highest BCUT2D eigenvalue weighted by Gasteiger charge is 2.27. The van der Waals surface area contributed by atoms with Crippen LogP contribution in [0.5, 0.6) is 0 Å². The summed E-state index contributed by atoms with van der Waals surface area (Å²) in [7, 11) is 0. The molecule has 0 bridgehead atoms. The van der Waals surface area contributed by atoms with Gasteiger partial charge in [0.1, 0.15) is 6.61 Å². The molecule has 0 amide bonds. The zero-order chi connectivity index (χ0) is 14.7. The van der Waals surface area contributed by atoms with Gasteiger partial charge in [-0.1, -0.05) is 54.1 Å². The third kappa shape index (κ3) is 3.09. The summed E-state index contributed by atoms with van der Waals surface area (Å²) in [6, 6.07) is 15.4. The molecular formula is C17H16ClNO2. The Kier molecular flexibility index (Phi) is 4.23. The fourth-order valence-corrected chi connectivity index (χ4v) is 2.76. The maximum Gasteiger partial charge on any atom is 0.315 e.